The van der Waals surface area contributed by atoms with Crippen LogP contribution in [0.2, 0.25) is 0 Å². The maximum Gasteiger partial charge on any atom is 0.00684 e. The second-order valence-electron chi connectivity index (χ2n) is 7.99. The van der Waals surface area contributed by atoms with Crippen molar-refractivity contribution in [2.45, 2.75) is 97.1 Å². The fraction of sp³-hybridized carbons (Fsp3) is 1.00. The average Bonchev–Trinajstić information content (AvgIpc) is 3.30. The van der Waals surface area contributed by atoms with Crippen molar-refractivity contribution in [2.24, 2.45) is 5.41 Å². The Kier molecular flexibility index (Phi) is 7.01. The van der Waals surface area contributed by atoms with E-state index in [1.165, 1.54) is 83.8 Å². The van der Waals surface area contributed by atoms with Gasteiger partial charge in [-0.2, -0.15) is 0 Å². The highest BCUT2D eigenvalue weighted by Gasteiger charge is 2.35. The summed E-state index contributed by atoms with van der Waals surface area (Å²) in [5.74, 6) is 0. The predicted octanol–water partition coefficient (Wildman–Crippen LogP) is 4.59. The van der Waals surface area contributed by atoms with Crippen LogP contribution in [0.4, 0.5) is 0 Å². The van der Waals surface area contributed by atoms with Gasteiger partial charge in [-0.05, 0) is 57.9 Å². The van der Waals surface area contributed by atoms with Crippen LogP contribution in [0.3, 0.4) is 0 Å². The SMILES string of the molecule is CCCCCN(CC1(CNC2CC2)CCCCC1)C(C)C. The highest BCUT2D eigenvalue weighted by Crippen LogP contribution is 2.38. The second kappa shape index (κ2) is 8.53. The summed E-state index contributed by atoms with van der Waals surface area (Å²) < 4.78 is 0. The maximum atomic E-state index is 3.85. The van der Waals surface area contributed by atoms with Crippen molar-refractivity contribution in [3.05, 3.63) is 0 Å². The van der Waals surface area contributed by atoms with Gasteiger partial charge in [-0.1, -0.05) is 39.0 Å². The van der Waals surface area contributed by atoms with Crippen molar-refractivity contribution in [2.75, 3.05) is 19.6 Å². The van der Waals surface area contributed by atoms with E-state index < -0.39 is 0 Å². The Bertz CT molecular complexity index is 277. The lowest BCUT2D eigenvalue weighted by Crippen LogP contribution is -2.48. The average molecular weight is 295 g/mol. The van der Waals surface area contributed by atoms with Crippen molar-refractivity contribution >= 4 is 0 Å². The molecule has 1 N–H and O–H groups in total. The van der Waals surface area contributed by atoms with Crippen LogP contribution >= 0.6 is 0 Å². The van der Waals surface area contributed by atoms with Crippen molar-refractivity contribution in [3.8, 4) is 0 Å². The van der Waals surface area contributed by atoms with Gasteiger partial charge < -0.3 is 10.2 Å². The highest BCUT2D eigenvalue weighted by molar-refractivity contribution is 4.92. The number of nitrogens with one attached hydrogen (secondary N) is 1. The van der Waals surface area contributed by atoms with Crippen LogP contribution in [0, 0.1) is 5.41 Å². The third-order valence-electron chi connectivity index (χ3n) is 5.57. The molecule has 2 saturated carbocycles. The fourth-order valence-electron chi connectivity index (χ4n) is 3.86. The molecule has 0 aromatic carbocycles. The number of rotatable bonds is 10. The van der Waals surface area contributed by atoms with Crippen LogP contribution in [0.15, 0.2) is 0 Å². The number of hydrogen-bond acceptors (Lipinski definition) is 2. The van der Waals surface area contributed by atoms with E-state index in [0.717, 1.165) is 6.04 Å². The molecule has 2 nitrogen and oxygen atoms in total. The molecule has 2 fully saturated rings. The van der Waals surface area contributed by atoms with Gasteiger partial charge in [0.1, 0.15) is 0 Å². The molecule has 0 radical (unpaired) electrons. The van der Waals surface area contributed by atoms with Crippen LogP contribution in [0.25, 0.3) is 0 Å². The van der Waals surface area contributed by atoms with E-state index in [-0.39, 0.29) is 0 Å². The maximum absolute atomic E-state index is 3.85. The normalized spacial score (nSPS) is 22.1. The predicted molar refractivity (Wildman–Crippen MR) is 92.8 cm³/mol. The Hall–Kier alpha value is -0.0800. The van der Waals surface area contributed by atoms with Crippen LogP contribution in [0.1, 0.15) is 85.0 Å². The zero-order chi connectivity index (χ0) is 15.1. The van der Waals surface area contributed by atoms with Gasteiger partial charge in [0.25, 0.3) is 0 Å². The van der Waals surface area contributed by atoms with E-state index >= 15 is 0 Å². The molecule has 2 heteroatoms. The Morgan fingerprint density at radius 3 is 2.38 bits per heavy atom. The van der Waals surface area contributed by atoms with Gasteiger partial charge in [0.15, 0.2) is 0 Å². The monoisotopic (exact) mass is 294 g/mol. The first-order chi connectivity index (χ1) is 10.2. The Morgan fingerprint density at radius 1 is 1.10 bits per heavy atom. The molecular formula is C19H38N2. The van der Waals surface area contributed by atoms with Gasteiger partial charge in [-0.25, -0.2) is 0 Å². The molecule has 0 aromatic heterocycles. The van der Waals surface area contributed by atoms with Crippen molar-refractivity contribution in [1.29, 1.82) is 0 Å². The van der Waals surface area contributed by atoms with E-state index in [1.54, 1.807) is 0 Å². The minimum atomic E-state index is 0.567. The second-order valence-corrected chi connectivity index (χ2v) is 7.99. The van der Waals surface area contributed by atoms with Gasteiger partial charge in [-0.3, -0.25) is 0 Å². The molecule has 0 atom stereocenters. The van der Waals surface area contributed by atoms with Crippen molar-refractivity contribution in [1.82, 2.24) is 10.2 Å². The quantitative estimate of drug-likeness (QED) is 0.593. The van der Waals surface area contributed by atoms with Gasteiger partial charge >= 0.3 is 0 Å². The molecule has 0 aromatic rings. The van der Waals surface area contributed by atoms with Crippen molar-refractivity contribution in [3.63, 3.8) is 0 Å². The molecule has 21 heavy (non-hydrogen) atoms. The lowest BCUT2D eigenvalue weighted by molar-refractivity contribution is 0.0817. The number of unbranched alkanes of at least 4 members (excludes halogenated alkanes) is 2. The summed E-state index contributed by atoms with van der Waals surface area (Å²) in [4.78, 5) is 2.77. The lowest BCUT2D eigenvalue weighted by atomic mass is 9.73. The Labute approximate surface area is 133 Å². The third-order valence-corrected chi connectivity index (χ3v) is 5.57. The van der Waals surface area contributed by atoms with Crippen molar-refractivity contribution < 1.29 is 0 Å². The molecule has 2 rings (SSSR count). The summed E-state index contributed by atoms with van der Waals surface area (Å²) in [7, 11) is 0. The Morgan fingerprint density at radius 2 is 1.81 bits per heavy atom. The minimum Gasteiger partial charge on any atom is -0.313 e. The fourth-order valence-corrected chi connectivity index (χ4v) is 3.86. The topological polar surface area (TPSA) is 15.3 Å². The third kappa shape index (κ3) is 5.90. The van der Waals surface area contributed by atoms with E-state index in [0.29, 0.717) is 11.5 Å². The molecule has 0 unspecified atom stereocenters. The van der Waals surface area contributed by atoms with Gasteiger partial charge in [0.05, 0.1) is 0 Å². The molecule has 0 bridgehead atoms. The lowest BCUT2D eigenvalue weighted by Gasteiger charge is -2.43. The molecule has 0 spiro atoms. The summed E-state index contributed by atoms with van der Waals surface area (Å²) in [6.07, 6.45) is 14.2. The summed E-state index contributed by atoms with van der Waals surface area (Å²) in [6.45, 7) is 11.0. The van der Waals surface area contributed by atoms with Crippen LogP contribution in [0.5, 0.6) is 0 Å². The first kappa shape index (κ1) is 17.3. The van der Waals surface area contributed by atoms with E-state index in [2.05, 4.69) is 31.0 Å². The number of hydrogen-bond donors (Lipinski definition) is 1. The summed E-state index contributed by atoms with van der Waals surface area (Å²) in [5.41, 5.74) is 0.567. The molecule has 0 aliphatic heterocycles. The molecule has 0 heterocycles. The van der Waals surface area contributed by atoms with Gasteiger partial charge in [-0.15, -0.1) is 0 Å². The summed E-state index contributed by atoms with van der Waals surface area (Å²) >= 11 is 0. The molecule has 0 amide bonds. The largest absolute Gasteiger partial charge is 0.313 e. The molecule has 2 aliphatic carbocycles. The molecule has 0 saturated heterocycles. The van der Waals surface area contributed by atoms with E-state index in [1.807, 2.05) is 0 Å². The first-order valence-corrected chi connectivity index (χ1v) is 9.63. The summed E-state index contributed by atoms with van der Waals surface area (Å²) in [6, 6.07) is 1.55. The summed E-state index contributed by atoms with van der Waals surface area (Å²) in [5, 5.41) is 3.85. The molecule has 2 aliphatic rings. The minimum absolute atomic E-state index is 0.567. The van der Waals surface area contributed by atoms with E-state index in [4.69, 9.17) is 0 Å². The van der Waals surface area contributed by atoms with Crippen LogP contribution in [-0.2, 0) is 0 Å². The highest BCUT2D eigenvalue weighted by atomic mass is 15.2. The van der Waals surface area contributed by atoms with Gasteiger partial charge in [0, 0.05) is 25.2 Å². The smallest absolute Gasteiger partial charge is 0.00684 e. The molecular weight excluding hydrogens is 256 g/mol. The van der Waals surface area contributed by atoms with Crippen LogP contribution in [-0.4, -0.2) is 36.6 Å². The standard InChI is InChI=1S/C19H38N2/c1-4-5-9-14-21(17(2)3)16-19(12-7-6-8-13-19)15-20-18-10-11-18/h17-18,20H,4-16H2,1-3H3. The molecule has 124 valence electrons. The Balaban J connectivity index is 1.89. The first-order valence-electron chi connectivity index (χ1n) is 9.63. The van der Waals surface area contributed by atoms with Gasteiger partial charge in [0.2, 0.25) is 0 Å². The van der Waals surface area contributed by atoms with Crippen LogP contribution < -0.4 is 5.32 Å². The zero-order valence-electron chi connectivity index (χ0n) is 14.8. The zero-order valence-corrected chi connectivity index (χ0v) is 14.8. The van der Waals surface area contributed by atoms with E-state index in [9.17, 15) is 0 Å². The number of nitrogens with zero attached hydrogens (tertiary/aromatic N) is 1.